The average molecular weight is 148 g/mol. The zero-order valence-corrected chi connectivity index (χ0v) is 7.00. The van der Waals surface area contributed by atoms with Crippen LogP contribution in [0.5, 0.6) is 0 Å². The molecule has 11 heavy (non-hydrogen) atoms. The largest absolute Gasteiger partial charge is 0.0851 e. The first kappa shape index (κ1) is 6.28. The maximum atomic E-state index is 2.52. The quantitative estimate of drug-likeness (QED) is 0.463. The first-order chi connectivity index (χ1) is 5.40. The van der Waals surface area contributed by atoms with Crippen molar-refractivity contribution in [2.45, 2.75) is 32.1 Å². The molecular formula is C11H16. The highest BCUT2D eigenvalue weighted by atomic mass is 14.4. The summed E-state index contributed by atoms with van der Waals surface area (Å²) in [4.78, 5) is 0. The molecule has 2 saturated carbocycles. The maximum Gasteiger partial charge on any atom is -0.0228 e. The summed E-state index contributed by atoms with van der Waals surface area (Å²) in [7, 11) is 0. The van der Waals surface area contributed by atoms with E-state index in [1.165, 1.54) is 25.7 Å². The minimum atomic E-state index is 0.978. The third-order valence-corrected chi connectivity index (χ3v) is 3.87. The summed E-state index contributed by atoms with van der Waals surface area (Å²) in [6.45, 7) is 0. The van der Waals surface area contributed by atoms with E-state index in [0.717, 1.165) is 23.7 Å². The van der Waals surface area contributed by atoms with Crippen molar-refractivity contribution >= 4 is 0 Å². The molecule has 0 spiro atoms. The summed E-state index contributed by atoms with van der Waals surface area (Å²) in [5.41, 5.74) is 0. The fourth-order valence-corrected chi connectivity index (χ4v) is 3.58. The van der Waals surface area contributed by atoms with Crippen LogP contribution in [0.25, 0.3) is 0 Å². The van der Waals surface area contributed by atoms with Gasteiger partial charge in [-0.1, -0.05) is 12.2 Å². The van der Waals surface area contributed by atoms with E-state index in [-0.39, 0.29) is 0 Å². The van der Waals surface area contributed by atoms with Crippen molar-refractivity contribution < 1.29 is 0 Å². The van der Waals surface area contributed by atoms with Crippen LogP contribution in [0.15, 0.2) is 12.2 Å². The van der Waals surface area contributed by atoms with Gasteiger partial charge in [0.15, 0.2) is 0 Å². The van der Waals surface area contributed by atoms with Crippen LogP contribution in [0, 0.1) is 23.7 Å². The summed E-state index contributed by atoms with van der Waals surface area (Å²) < 4.78 is 0. The molecule has 0 heteroatoms. The van der Waals surface area contributed by atoms with E-state index < -0.39 is 0 Å². The van der Waals surface area contributed by atoms with Crippen molar-refractivity contribution in [2.24, 2.45) is 23.7 Å². The first-order valence-electron chi connectivity index (χ1n) is 5.08. The van der Waals surface area contributed by atoms with E-state index in [2.05, 4.69) is 12.2 Å². The molecule has 0 aliphatic heterocycles. The normalized spacial score (nSPS) is 53.1. The van der Waals surface area contributed by atoms with Crippen LogP contribution in [-0.4, -0.2) is 0 Å². The Labute approximate surface area is 68.7 Å². The summed E-state index contributed by atoms with van der Waals surface area (Å²) in [5.74, 6) is 4.16. The van der Waals surface area contributed by atoms with E-state index in [1.54, 1.807) is 6.42 Å². The van der Waals surface area contributed by atoms with Crippen molar-refractivity contribution in [1.29, 1.82) is 0 Å². The maximum absolute atomic E-state index is 2.52. The fraction of sp³-hybridized carbons (Fsp3) is 0.818. The molecule has 0 N–H and O–H groups in total. The Morgan fingerprint density at radius 1 is 0.636 bits per heavy atom. The minimum absolute atomic E-state index is 0.978. The Morgan fingerprint density at radius 2 is 1.09 bits per heavy atom. The van der Waals surface area contributed by atoms with Crippen LogP contribution in [-0.2, 0) is 0 Å². The predicted octanol–water partition coefficient (Wildman–Crippen LogP) is 3.00. The van der Waals surface area contributed by atoms with Gasteiger partial charge < -0.3 is 0 Å². The van der Waals surface area contributed by atoms with Crippen molar-refractivity contribution in [3.05, 3.63) is 12.2 Å². The molecule has 0 radical (unpaired) electrons. The highest BCUT2D eigenvalue weighted by Crippen LogP contribution is 2.48. The second-order valence-corrected chi connectivity index (χ2v) is 4.82. The lowest BCUT2D eigenvalue weighted by Crippen LogP contribution is -2.27. The van der Waals surface area contributed by atoms with Crippen LogP contribution in [0.3, 0.4) is 0 Å². The minimum Gasteiger partial charge on any atom is -0.0851 e. The monoisotopic (exact) mass is 148 g/mol. The summed E-state index contributed by atoms with van der Waals surface area (Å²) in [6, 6.07) is 0. The van der Waals surface area contributed by atoms with Gasteiger partial charge in [-0.05, 0) is 55.8 Å². The molecule has 60 valence electrons. The number of hydrogen-bond donors (Lipinski definition) is 0. The van der Waals surface area contributed by atoms with Crippen molar-refractivity contribution in [3.63, 3.8) is 0 Å². The fourth-order valence-electron chi connectivity index (χ4n) is 3.58. The van der Waals surface area contributed by atoms with E-state index in [1.807, 2.05) is 0 Å². The summed E-state index contributed by atoms with van der Waals surface area (Å²) in [5, 5.41) is 0. The summed E-state index contributed by atoms with van der Waals surface area (Å²) in [6.07, 6.45) is 12.7. The van der Waals surface area contributed by atoms with E-state index in [0.29, 0.717) is 0 Å². The van der Waals surface area contributed by atoms with Crippen LogP contribution in [0.4, 0.5) is 0 Å². The molecule has 2 fully saturated rings. The molecule has 4 bridgehead atoms. The SMILES string of the molecule is C1=CC2CC3CC1CC(C2)C3. The van der Waals surface area contributed by atoms with Crippen LogP contribution in [0.1, 0.15) is 32.1 Å². The lowest BCUT2D eigenvalue weighted by atomic mass is 9.67. The van der Waals surface area contributed by atoms with Crippen molar-refractivity contribution in [1.82, 2.24) is 0 Å². The van der Waals surface area contributed by atoms with Gasteiger partial charge in [0.1, 0.15) is 0 Å². The van der Waals surface area contributed by atoms with Crippen molar-refractivity contribution in [3.8, 4) is 0 Å². The van der Waals surface area contributed by atoms with E-state index in [4.69, 9.17) is 0 Å². The molecule has 4 aliphatic carbocycles. The third kappa shape index (κ3) is 0.953. The molecule has 0 unspecified atom stereocenters. The van der Waals surface area contributed by atoms with Gasteiger partial charge in [-0.2, -0.15) is 0 Å². The van der Waals surface area contributed by atoms with E-state index >= 15 is 0 Å². The Bertz CT molecular complexity index is 160. The number of rotatable bonds is 0. The first-order valence-corrected chi connectivity index (χ1v) is 5.08. The highest BCUT2D eigenvalue weighted by molar-refractivity contribution is 5.05. The molecule has 0 nitrogen and oxygen atoms in total. The van der Waals surface area contributed by atoms with Crippen LogP contribution in [0.2, 0.25) is 0 Å². The van der Waals surface area contributed by atoms with E-state index in [9.17, 15) is 0 Å². The van der Waals surface area contributed by atoms with Crippen LogP contribution < -0.4 is 0 Å². The van der Waals surface area contributed by atoms with Gasteiger partial charge in [-0.3, -0.25) is 0 Å². The van der Waals surface area contributed by atoms with Gasteiger partial charge in [0.05, 0.1) is 0 Å². The Hall–Kier alpha value is -0.260. The molecule has 0 aromatic carbocycles. The average Bonchev–Trinajstić information content (AvgIpc) is 2.18. The van der Waals surface area contributed by atoms with Crippen molar-refractivity contribution in [2.75, 3.05) is 0 Å². The molecule has 0 aromatic heterocycles. The van der Waals surface area contributed by atoms with Crippen LogP contribution >= 0.6 is 0 Å². The Morgan fingerprint density at radius 3 is 1.55 bits per heavy atom. The lowest BCUT2D eigenvalue weighted by Gasteiger charge is -2.38. The van der Waals surface area contributed by atoms with Gasteiger partial charge in [0, 0.05) is 0 Å². The predicted molar refractivity (Wildman–Crippen MR) is 46.2 cm³/mol. The standard InChI is InChI=1S/C11H16/c1-2-9-5-10-3-8(1)4-11(6-9)7-10/h1-2,8-11H,3-7H2. The molecule has 0 heterocycles. The zero-order chi connectivity index (χ0) is 7.26. The highest BCUT2D eigenvalue weighted by Gasteiger charge is 2.36. The van der Waals surface area contributed by atoms with Gasteiger partial charge in [-0.25, -0.2) is 0 Å². The van der Waals surface area contributed by atoms with Gasteiger partial charge in [0.25, 0.3) is 0 Å². The summed E-state index contributed by atoms with van der Waals surface area (Å²) >= 11 is 0. The second kappa shape index (κ2) is 2.12. The van der Waals surface area contributed by atoms with Gasteiger partial charge in [-0.15, -0.1) is 0 Å². The molecule has 4 rings (SSSR count). The zero-order valence-electron chi connectivity index (χ0n) is 7.00. The second-order valence-electron chi connectivity index (χ2n) is 4.82. The van der Waals surface area contributed by atoms with Gasteiger partial charge >= 0.3 is 0 Å². The molecular weight excluding hydrogens is 132 g/mol. The molecule has 0 atom stereocenters. The number of allylic oxidation sites excluding steroid dienone is 2. The molecule has 0 amide bonds. The van der Waals surface area contributed by atoms with Gasteiger partial charge in [0.2, 0.25) is 0 Å². The third-order valence-electron chi connectivity index (χ3n) is 3.87. The molecule has 4 aliphatic rings. The number of hydrogen-bond acceptors (Lipinski definition) is 0. The Balaban J connectivity index is 1.96. The topological polar surface area (TPSA) is 0 Å². The Kier molecular flexibility index (Phi) is 1.21. The molecule has 0 aromatic rings. The lowest BCUT2D eigenvalue weighted by molar-refractivity contribution is 0.143. The smallest absolute Gasteiger partial charge is 0.0228 e. The molecule has 0 saturated heterocycles.